The number of anilines is 1. The van der Waals surface area contributed by atoms with Gasteiger partial charge in [-0.1, -0.05) is 35.5 Å². The van der Waals surface area contributed by atoms with Crippen LogP contribution in [0.1, 0.15) is 41.6 Å². The maximum absolute atomic E-state index is 13.3. The Labute approximate surface area is 175 Å². The van der Waals surface area contributed by atoms with Crippen molar-refractivity contribution in [1.82, 2.24) is 10.1 Å². The van der Waals surface area contributed by atoms with Crippen molar-refractivity contribution in [3.05, 3.63) is 71.5 Å². The molecule has 0 spiro atoms. The van der Waals surface area contributed by atoms with Gasteiger partial charge in [0.1, 0.15) is 11.5 Å². The molecule has 2 aliphatic rings. The van der Waals surface area contributed by atoms with Gasteiger partial charge >= 0.3 is 0 Å². The van der Waals surface area contributed by atoms with E-state index in [4.69, 9.17) is 4.52 Å². The zero-order chi connectivity index (χ0) is 20.5. The summed E-state index contributed by atoms with van der Waals surface area (Å²) in [7, 11) is 0. The smallest absolute Gasteiger partial charge is 0.254 e. The summed E-state index contributed by atoms with van der Waals surface area (Å²) in [4.78, 5) is 17.4. The van der Waals surface area contributed by atoms with Gasteiger partial charge in [0.2, 0.25) is 5.88 Å². The number of nitrogens with zero attached hydrogens (tertiary/aromatic N) is 3. The molecule has 1 aliphatic carbocycles. The summed E-state index contributed by atoms with van der Waals surface area (Å²) in [6, 6.07) is 15.9. The van der Waals surface area contributed by atoms with Crippen molar-refractivity contribution in [3.8, 4) is 11.3 Å². The molecule has 2 aromatic carbocycles. The van der Waals surface area contributed by atoms with Crippen molar-refractivity contribution in [3.63, 3.8) is 0 Å². The Hall–Kier alpha value is -3.15. The minimum atomic E-state index is -0.341. The minimum Gasteiger partial charge on any atom is -0.340 e. The van der Waals surface area contributed by atoms with Crippen molar-refractivity contribution < 1.29 is 13.7 Å². The summed E-state index contributed by atoms with van der Waals surface area (Å²) in [6.45, 7) is 2.30. The molecule has 0 unspecified atom stereocenters. The Bertz CT molecular complexity index is 1020. The van der Waals surface area contributed by atoms with Crippen LogP contribution >= 0.6 is 0 Å². The fraction of sp³-hybridized carbons (Fsp3) is 0.333. The molecule has 1 aliphatic heterocycles. The summed E-state index contributed by atoms with van der Waals surface area (Å²) in [5.74, 6) is 0.347. The number of amides is 1. The molecule has 6 heteroatoms. The van der Waals surface area contributed by atoms with Crippen LogP contribution in [0.3, 0.4) is 0 Å². The highest BCUT2D eigenvalue weighted by Gasteiger charge is 2.36. The topological polar surface area (TPSA) is 49.6 Å². The number of carbonyl (C=O) groups is 1. The van der Waals surface area contributed by atoms with Crippen molar-refractivity contribution >= 4 is 11.8 Å². The van der Waals surface area contributed by atoms with Crippen LogP contribution in [-0.4, -0.2) is 35.1 Å². The predicted octanol–water partition coefficient (Wildman–Crippen LogP) is 4.89. The van der Waals surface area contributed by atoms with E-state index < -0.39 is 0 Å². The first-order chi connectivity index (χ1) is 14.7. The average molecular weight is 405 g/mol. The summed E-state index contributed by atoms with van der Waals surface area (Å²) >= 11 is 0. The molecule has 0 radical (unpaired) electrons. The lowest BCUT2D eigenvalue weighted by atomic mass is 10.1. The molecule has 5 nitrogen and oxygen atoms in total. The van der Waals surface area contributed by atoms with Gasteiger partial charge in [0.05, 0.1) is 12.1 Å². The Morgan fingerprint density at radius 1 is 1.07 bits per heavy atom. The molecule has 1 saturated carbocycles. The SMILES string of the molecule is O=C(c1ccc(F)cc1)N(Cc1c(-c2ccccc2)noc1N1CCCC1)C1CC1. The number of aromatic nitrogens is 1. The van der Waals surface area contributed by atoms with Gasteiger partial charge in [-0.2, -0.15) is 0 Å². The summed E-state index contributed by atoms with van der Waals surface area (Å²) in [5.41, 5.74) is 3.22. The average Bonchev–Trinajstić information content (AvgIpc) is 3.30. The van der Waals surface area contributed by atoms with E-state index in [2.05, 4.69) is 10.1 Å². The van der Waals surface area contributed by atoms with Gasteiger partial charge in [0.25, 0.3) is 5.91 Å². The van der Waals surface area contributed by atoms with Crippen LogP contribution in [-0.2, 0) is 6.54 Å². The second-order valence-corrected chi connectivity index (χ2v) is 8.05. The van der Waals surface area contributed by atoms with Crippen molar-refractivity contribution in [1.29, 1.82) is 0 Å². The Kier molecular flexibility index (Phi) is 4.99. The van der Waals surface area contributed by atoms with E-state index in [-0.39, 0.29) is 17.8 Å². The number of rotatable bonds is 6. The fourth-order valence-electron chi connectivity index (χ4n) is 4.12. The molecule has 1 amide bonds. The molecule has 0 bridgehead atoms. The van der Waals surface area contributed by atoms with Crippen LogP contribution in [0.2, 0.25) is 0 Å². The minimum absolute atomic E-state index is 0.0786. The third-order valence-electron chi connectivity index (χ3n) is 5.88. The monoisotopic (exact) mass is 405 g/mol. The Morgan fingerprint density at radius 3 is 2.43 bits per heavy atom. The van der Waals surface area contributed by atoms with Crippen molar-refractivity contribution in [2.45, 2.75) is 38.3 Å². The molecule has 2 fully saturated rings. The standard InChI is InChI=1S/C24H24FN3O2/c25-19-10-8-18(9-11-19)23(29)28(20-12-13-20)16-21-22(17-6-2-1-3-7-17)26-30-24(21)27-14-4-5-15-27/h1-3,6-11,20H,4-5,12-16H2. The first kappa shape index (κ1) is 18.9. The van der Waals surface area contributed by atoms with E-state index in [0.29, 0.717) is 12.1 Å². The Morgan fingerprint density at radius 2 is 1.77 bits per heavy atom. The largest absolute Gasteiger partial charge is 0.340 e. The van der Waals surface area contributed by atoms with E-state index >= 15 is 0 Å². The molecular formula is C24H24FN3O2. The van der Waals surface area contributed by atoms with Gasteiger partial charge in [-0.3, -0.25) is 4.79 Å². The zero-order valence-corrected chi connectivity index (χ0v) is 16.8. The zero-order valence-electron chi connectivity index (χ0n) is 16.8. The number of benzene rings is 2. The summed E-state index contributed by atoms with van der Waals surface area (Å²) in [5, 5.41) is 4.40. The van der Waals surface area contributed by atoms with Gasteiger partial charge in [-0.15, -0.1) is 0 Å². The highest BCUT2D eigenvalue weighted by atomic mass is 19.1. The molecular weight excluding hydrogens is 381 g/mol. The lowest BCUT2D eigenvalue weighted by molar-refractivity contribution is 0.0730. The number of halogens is 1. The lowest BCUT2D eigenvalue weighted by Crippen LogP contribution is -2.33. The molecule has 154 valence electrons. The number of hydrogen-bond donors (Lipinski definition) is 0. The molecule has 5 rings (SSSR count). The van der Waals surface area contributed by atoms with E-state index in [1.54, 1.807) is 12.1 Å². The van der Waals surface area contributed by atoms with E-state index in [1.165, 1.54) is 12.1 Å². The first-order valence-electron chi connectivity index (χ1n) is 10.6. The van der Waals surface area contributed by atoms with Crippen LogP contribution < -0.4 is 4.90 Å². The molecule has 30 heavy (non-hydrogen) atoms. The maximum Gasteiger partial charge on any atom is 0.254 e. The Balaban J connectivity index is 1.51. The van der Waals surface area contributed by atoms with Crippen LogP contribution in [0.15, 0.2) is 59.1 Å². The predicted molar refractivity (Wildman–Crippen MR) is 113 cm³/mol. The quantitative estimate of drug-likeness (QED) is 0.586. The normalized spacial score (nSPS) is 16.1. The second-order valence-electron chi connectivity index (χ2n) is 8.05. The number of carbonyl (C=O) groups excluding carboxylic acids is 1. The third-order valence-corrected chi connectivity index (χ3v) is 5.88. The van der Waals surface area contributed by atoms with Gasteiger partial charge in [0.15, 0.2) is 0 Å². The summed E-state index contributed by atoms with van der Waals surface area (Å²) in [6.07, 6.45) is 4.22. The van der Waals surface area contributed by atoms with Crippen molar-refractivity contribution in [2.24, 2.45) is 0 Å². The highest BCUT2D eigenvalue weighted by molar-refractivity contribution is 5.94. The molecule has 1 saturated heterocycles. The van der Waals surface area contributed by atoms with E-state index in [0.717, 1.165) is 61.5 Å². The van der Waals surface area contributed by atoms with Gasteiger partial charge in [-0.05, 0) is 49.9 Å². The van der Waals surface area contributed by atoms with Crippen LogP contribution in [0.4, 0.5) is 10.3 Å². The molecule has 1 aromatic heterocycles. The van der Waals surface area contributed by atoms with Gasteiger partial charge < -0.3 is 14.3 Å². The van der Waals surface area contributed by atoms with Crippen LogP contribution in [0.25, 0.3) is 11.3 Å². The lowest BCUT2D eigenvalue weighted by Gasteiger charge is -2.24. The van der Waals surface area contributed by atoms with E-state index in [9.17, 15) is 9.18 Å². The van der Waals surface area contributed by atoms with Gasteiger partial charge in [0, 0.05) is 30.3 Å². The number of hydrogen-bond acceptors (Lipinski definition) is 4. The maximum atomic E-state index is 13.3. The molecule has 2 heterocycles. The summed E-state index contributed by atoms with van der Waals surface area (Å²) < 4.78 is 19.2. The van der Waals surface area contributed by atoms with Gasteiger partial charge in [-0.25, -0.2) is 4.39 Å². The van der Waals surface area contributed by atoms with E-state index in [1.807, 2.05) is 35.2 Å². The fourth-order valence-corrected chi connectivity index (χ4v) is 4.12. The van der Waals surface area contributed by atoms with Crippen LogP contribution in [0, 0.1) is 5.82 Å². The second kappa shape index (κ2) is 7.94. The molecule has 0 atom stereocenters. The molecule has 0 N–H and O–H groups in total. The van der Waals surface area contributed by atoms with Crippen LogP contribution in [0.5, 0.6) is 0 Å². The van der Waals surface area contributed by atoms with Crippen molar-refractivity contribution in [2.75, 3.05) is 18.0 Å². The highest BCUT2D eigenvalue weighted by Crippen LogP contribution is 2.37. The molecule has 3 aromatic rings. The first-order valence-corrected chi connectivity index (χ1v) is 10.6. The third kappa shape index (κ3) is 3.70.